The minimum atomic E-state index is -1.37. The van der Waals surface area contributed by atoms with Gasteiger partial charge in [-0.3, -0.25) is 23.8 Å². The number of aromatic nitrogens is 4. The van der Waals surface area contributed by atoms with Gasteiger partial charge in [-0.2, -0.15) is 5.10 Å². The first-order chi connectivity index (χ1) is 11.1. The van der Waals surface area contributed by atoms with Crippen LogP contribution in [0.1, 0.15) is 33.5 Å². The third-order valence-electron chi connectivity index (χ3n) is 3.75. The monoisotopic (exact) mass is 335 g/mol. The molecular weight excluding hydrogens is 318 g/mol. The summed E-state index contributed by atoms with van der Waals surface area (Å²) in [5.41, 5.74) is -0.324. The number of hydrogen-bond acceptors (Lipinski definition) is 5. The van der Waals surface area contributed by atoms with E-state index in [1.165, 1.54) is 14.1 Å². The zero-order valence-electron chi connectivity index (χ0n) is 13.6. The Labute approximate surface area is 135 Å². The molecule has 0 fully saturated rings. The molecular formula is C14H17N5O5. The number of H-pyrrole nitrogens is 1. The van der Waals surface area contributed by atoms with E-state index in [1.807, 2.05) is 0 Å². The van der Waals surface area contributed by atoms with Gasteiger partial charge >= 0.3 is 11.7 Å². The van der Waals surface area contributed by atoms with E-state index >= 15 is 0 Å². The smallest absolute Gasteiger partial charge is 0.331 e. The molecule has 0 aromatic carbocycles. The highest BCUT2D eigenvalue weighted by molar-refractivity contribution is 5.95. The summed E-state index contributed by atoms with van der Waals surface area (Å²) in [6.45, 7) is 3.24. The SMILES string of the molecule is Cc1n[nH]c(C)c1C(NC(=O)c1cc(=O)n(C)c(=O)n1C)C(=O)O. The number of aliphatic carboxylic acids is 1. The van der Waals surface area contributed by atoms with Crippen molar-refractivity contribution in [2.75, 3.05) is 0 Å². The molecule has 2 aromatic rings. The molecule has 1 atom stereocenters. The van der Waals surface area contributed by atoms with E-state index in [2.05, 4.69) is 15.5 Å². The maximum Gasteiger partial charge on any atom is 0.331 e. The van der Waals surface area contributed by atoms with Crippen molar-refractivity contribution in [2.45, 2.75) is 19.9 Å². The summed E-state index contributed by atoms with van der Waals surface area (Å²) in [5, 5.41) is 18.3. The number of aromatic amines is 1. The van der Waals surface area contributed by atoms with Gasteiger partial charge in [0, 0.05) is 31.4 Å². The summed E-state index contributed by atoms with van der Waals surface area (Å²) in [5.74, 6) is -2.13. The maximum atomic E-state index is 12.4. The molecule has 24 heavy (non-hydrogen) atoms. The fourth-order valence-corrected chi connectivity index (χ4v) is 2.40. The predicted molar refractivity (Wildman–Crippen MR) is 82.8 cm³/mol. The molecule has 0 radical (unpaired) electrons. The van der Waals surface area contributed by atoms with Gasteiger partial charge in [-0.05, 0) is 13.8 Å². The van der Waals surface area contributed by atoms with Crippen LogP contribution >= 0.6 is 0 Å². The van der Waals surface area contributed by atoms with Crippen LogP contribution in [-0.4, -0.2) is 36.3 Å². The van der Waals surface area contributed by atoms with E-state index in [0.717, 1.165) is 15.2 Å². The van der Waals surface area contributed by atoms with Crippen LogP contribution in [0.5, 0.6) is 0 Å². The number of carbonyl (C=O) groups is 2. The lowest BCUT2D eigenvalue weighted by Crippen LogP contribution is -2.42. The zero-order valence-corrected chi connectivity index (χ0v) is 13.6. The quantitative estimate of drug-likeness (QED) is 0.653. The lowest BCUT2D eigenvalue weighted by atomic mass is 10.0. The topological polar surface area (TPSA) is 139 Å². The number of nitrogens with one attached hydrogen (secondary N) is 2. The maximum absolute atomic E-state index is 12.4. The number of carboxylic acids is 1. The molecule has 1 amide bonds. The lowest BCUT2D eigenvalue weighted by Gasteiger charge is -2.16. The second kappa shape index (κ2) is 6.14. The Balaban J connectivity index is 2.46. The molecule has 0 saturated heterocycles. The summed E-state index contributed by atoms with van der Waals surface area (Å²) in [6, 6.07) is -0.388. The summed E-state index contributed by atoms with van der Waals surface area (Å²) >= 11 is 0. The molecule has 0 aliphatic rings. The molecule has 1 unspecified atom stereocenters. The molecule has 10 nitrogen and oxygen atoms in total. The van der Waals surface area contributed by atoms with E-state index in [9.17, 15) is 24.3 Å². The number of aryl methyl sites for hydroxylation is 2. The highest BCUT2D eigenvalue weighted by atomic mass is 16.4. The molecule has 0 saturated carbocycles. The fourth-order valence-electron chi connectivity index (χ4n) is 2.40. The van der Waals surface area contributed by atoms with E-state index in [4.69, 9.17) is 0 Å². The number of carbonyl (C=O) groups excluding carboxylic acids is 1. The minimum absolute atomic E-state index is 0.229. The molecule has 2 rings (SSSR count). The Hall–Kier alpha value is -3.17. The van der Waals surface area contributed by atoms with Crippen LogP contribution in [0.2, 0.25) is 0 Å². The van der Waals surface area contributed by atoms with Crippen molar-refractivity contribution < 1.29 is 14.7 Å². The Bertz CT molecular complexity index is 917. The van der Waals surface area contributed by atoms with Gasteiger partial charge in [-0.25, -0.2) is 9.59 Å². The van der Waals surface area contributed by atoms with Crippen LogP contribution in [0.4, 0.5) is 0 Å². The molecule has 2 aromatic heterocycles. The summed E-state index contributed by atoms with van der Waals surface area (Å²) < 4.78 is 1.82. The highest BCUT2D eigenvalue weighted by Crippen LogP contribution is 2.20. The van der Waals surface area contributed by atoms with E-state index in [1.54, 1.807) is 13.8 Å². The van der Waals surface area contributed by atoms with Crippen molar-refractivity contribution in [2.24, 2.45) is 14.1 Å². The molecule has 0 aliphatic heterocycles. The third kappa shape index (κ3) is 2.85. The van der Waals surface area contributed by atoms with E-state index in [-0.39, 0.29) is 5.69 Å². The third-order valence-corrected chi connectivity index (χ3v) is 3.75. The van der Waals surface area contributed by atoms with Crippen molar-refractivity contribution in [1.29, 1.82) is 0 Å². The highest BCUT2D eigenvalue weighted by Gasteiger charge is 2.28. The van der Waals surface area contributed by atoms with Crippen LogP contribution in [-0.2, 0) is 18.9 Å². The number of rotatable bonds is 4. The predicted octanol–water partition coefficient (Wildman–Crippen LogP) is -1.02. The lowest BCUT2D eigenvalue weighted by molar-refractivity contribution is -0.139. The van der Waals surface area contributed by atoms with Crippen molar-refractivity contribution >= 4 is 11.9 Å². The normalized spacial score (nSPS) is 12.0. The molecule has 3 N–H and O–H groups in total. The standard InChI is InChI=1S/C14H17N5O5/c1-6-10(7(2)17-16-6)11(13(22)23)15-12(21)8-5-9(20)19(4)14(24)18(8)3/h5,11H,1-4H3,(H,15,21)(H,16,17)(H,22,23). The Kier molecular flexibility index (Phi) is 4.40. The average Bonchev–Trinajstić information content (AvgIpc) is 2.85. The van der Waals surface area contributed by atoms with Gasteiger partial charge in [0.1, 0.15) is 5.69 Å². The average molecular weight is 335 g/mol. The Morgan fingerprint density at radius 1 is 1.25 bits per heavy atom. The first kappa shape index (κ1) is 17.2. The molecule has 128 valence electrons. The molecule has 0 spiro atoms. The number of nitrogens with zero attached hydrogens (tertiary/aromatic N) is 3. The summed E-state index contributed by atoms with van der Waals surface area (Å²) in [4.78, 5) is 47.6. The van der Waals surface area contributed by atoms with Crippen LogP contribution in [0.15, 0.2) is 15.7 Å². The van der Waals surface area contributed by atoms with Gasteiger partial charge in [0.2, 0.25) is 0 Å². The van der Waals surface area contributed by atoms with Gasteiger partial charge < -0.3 is 10.4 Å². The molecule has 10 heteroatoms. The molecule has 0 aliphatic carbocycles. The molecule has 0 bridgehead atoms. The van der Waals surface area contributed by atoms with Crippen molar-refractivity contribution in [3.8, 4) is 0 Å². The fraction of sp³-hybridized carbons (Fsp3) is 0.357. The van der Waals surface area contributed by atoms with E-state index < -0.39 is 29.2 Å². The summed E-state index contributed by atoms with van der Waals surface area (Å²) in [6.07, 6.45) is 0. The summed E-state index contributed by atoms with van der Waals surface area (Å²) in [7, 11) is 2.60. The van der Waals surface area contributed by atoms with Crippen molar-refractivity contribution in [1.82, 2.24) is 24.6 Å². The number of amides is 1. The van der Waals surface area contributed by atoms with E-state index in [0.29, 0.717) is 17.0 Å². The second-order valence-electron chi connectivity index (χ2n) is 5.36. The van der Waals surface area contributed by atoms with Crippen LogP contribution < -0.4 is 16.6 Å². The van der Waals surface area contributed by atoms with Crippen LogP contribution in [0, 0.1) is 13.8 Å². The van der Waals surface area contributed by atoms with Crippen molar-refractivity contribution in [3.05, 3.63) is 49.5 Å². The second-order valence-corrected chi connectivity index (χ2v) is 5.36. The Morgan fingerprint density at radius 3 is 2.38 bits per heavy atom. The number of hydrogen-bond donors (Lipinski definition) is 3. The first-order valence-electron chi connectivity index (χ1n) is 6.97. The molecule has 2 heterocycles. The van der Waals surface area contributed by atoms with Crippen LogP contribution in [0.3, 0.4) is 0 Å². The number of carboxylic acid groups (broad SMARTS) is 1. The van der Waals surface area contributed by atoms with Crippen molar-refractivity contribution in [3.63, 3.8) is 0 Å². The first-order valence-corrected chi connectivity index (χ1v) is 6.97. The van der Waals surface area contributed by atoms with Gasteiger partial charge in [0.25, 0.3) is 11.5 Å². The van der Waals surface area contributed by atoms with Gasteiger partial charge in [-0.1, -0.05) is 0 Å². The minimum Gasteiger partial charge on any atom is -0.479 e. The van der Waals surface area contributed by atoms with Gasteiger partial charge in [0.05, 0.1) is 5.69 Å². The van der Waals surface area contributed by atoms with Crippen LogP contribution in [0.25, 0.3) is 0 Å². The Morgan fingerprint density at radius 2 is 1.88 bits per heavy atom. The largest absolute Gasteiger partial charge is 0.479 e. The van der Waals surface area contributed by atoms with Gasteiger partial charge in [0.15, 0.2) is 6.04 Å². The zero-order chi connectivity index (χ0) is 18.2. The van der Waals surface area contributed by atoms with Gasteiger partial charge in [-0.15, -0.1) is 0 Å².